The standard InChI is InChI=1S/C12H12FNO2/c1-7-5-10(8(2)16-7)12(15)9-3-4-14-6-11(9)13/h3-6,12,15H,1-2H3. The van der Waals surface area contributed by atoms with Gasteiger partial charge < -0.3 is 9.52 Å². The average Bonchev–Trinajstić information content (AvgIpc) is 2.58. The Morgan fingerprint density at radius 1 is 1.38 bits per heavy atom. The fourth-order valence-corrected chi connectivity index (χ4v) is 1.70. The Balaban J connectivity index is 2.43. The molecule has 0 aliphatic heterocycles. The van der Waals surface area contributed by atoms with Gasteiger partial charge in [-0.2, -0.15) is 0 Å². The molecule has 2 heterocycles. The van der Waals surface area contributed by atoms with Gasteiger partial charge >= 0.3 is 0 Å². The van der Waals surface area contributed by atoms with Gasteiger partial charge in [0.25, 0.3) is 0 Å². The lowest BCUT2D eigenvalue weighted by molar-refractivity contribution is 0.212. The Morgan fingerprint density at radius 3 is 2.69 bits per heavy atom. The minimum Gasteiger partial charge on any atom is -0.466 e. The van der Waals surface area contributed by atoms with Crippen LogP contribution in [0.3, 0.4) is 0 Å². The van der Waals surface area contributed by atoms with Crippen LogP contribution in [-0.2, 0) is 0 Å². The summed E-state index contributed by atoms with van der Waals surface area (Å²) < 4.78 is 18.7. The second-order valence-electron chi connectivity index (χ2n) is 3.67. The van der Waals surface area contributed by atoms with Crippen molar-refractivity contribution in [2.24, 2.45) is 0 Å². The van der Waals surface area contributed by atoms with E-state index in [1.54, 1.807) is 19.9 Å². The van der Waals surface area contributed by atoms with E-state index in [1.807, 2.05) is 0 Å². The highest BCUT2D eigenvalue weighted by Crippen LogP contribution is 2.28. The Labute approximate surface area is 92.6 Å². The topological polar surface area (TPSA) is 46.3 Å². The quantitative estimate of drug-likeness (QED) is 0.847. The fourth-order valence-electron chi connectivity index (χ4n) is 1.70. The van der Waals surface area contributed by atoms with Crippen LogP contribution in [0.4, 0.5) is 4.39 Å². The van der Waals surface area contributed by atoms with Crippen molar-refractivity contribution >= 4 is 0 Å². The summed E-state index contributed by atoms with van der Waals surface area (Å²) in [6.45, 7) is 3.52. The zero-order valence-electron chi connectivity index (χ0n) is 9.07. The van der Waals surface area contributed by atoms with Gasteiger partial charge in [0, 0.05) is 17.3 Å². The molecule has 1 N–H and O–H groups in total. The summed E-state index contributed by atoms with van der Waals surface area (Å²) in [5, 5.41) is 10.0. The predicted octanol–water partition coefficient (Wildman–Crippen LogP) is 2.51. The van der Waals surface area contributed by atoms with Crippen molar-refractivity contribution in [3.8, 4) is 0 Å². The number of aryl methyl sites for hydroxylation is 2. The number of aliphatic hydroxyl groups is 1. The molecule has 4 heteroatoms. The van der Waals surface area contributed by atoms with Crippen LogP contribution in [0.15, 0.2) is 28.9 Å². The lowest BCUT2D eigenvalue weighted by atomic mass is 10.0. The van der Waals surface area contributed by atoms with Gasteiger partial charge in [0.2, 0.25) is 0 Å². The van der Waals surface area contributed by atoms with Crippen molar-refractivity contribution < 1.29 is 13.9 Å². The van der Waals surface area contributed by atoms with E-state index in [9.17, 15) is 9.50 Å². The maximum atomic E-state index is 13.4. The van der Waals surface area contributed by atoms with E-state index < -0.39 is 11.9 Å². The molecule has 1 unspecified atom stereocenters. The molecule has 3 nitrogen and oxygen atoms in total. The fraction of sp³-hybridized carbons (Fsp3) is 0.250. The molecule has 2 rings (SSSR count). The SMILES string of the molecule is Cc1cc(C(O)c2ccncc2F)c(C)o1. The van der Waals surface area contributed by atoms with E-state index >= 15 is 0 Å². The van der Waals surface area contributed by atoms with Gasteiger partial charge in [0.15, 0.2) is 0 Å². The van der Waals surface area contributed by atoms with E-state index in [-0.39, 0.29) is 5.56 Å². The van der Waals surface area contributed by atoms with Crippen LogP contribution in [0.1, 0.15) is 28.8 Å². The number of aromatic nitrogens is 1. The van der Waals surface area contributed by atoms with E-state index in [1.165, 1.54) is 12.3 Å². The summed E-state index contributed by atoms with van der Waals surface area (Å²) in [6, 6.07) is 3.17. The molecule has 0 aromatic carbocycles. The normalized spacial score (nSPS) is 12.8. The Hall–Kier alpha value is -1.68. The first-order chi connectivity index (χ1) is 7.59. The van der Waals surface area contributed by atoms with E-state index in [0.717, 1.165) is 6.20 Å². The van der Waals surface area contributed by atoms with Gasteiger partial charge in [-0.05, 0) is 26.0 Å². The van der Waals surface area contributed by atoms with Gasteiger partial charge in [-0.15, -0.1) is 0 Å². The van der Waals surface area contributed by atoms with Crippen LogP contribution in [-0.4, -0.2) is 10.1 Å². The summed E-state index contributed by atoms with van der Waals surface area (Å²) in [5.41, 5.74) is 0.793. The molecule has 0 amide bonds. The monoisotopic (exact) mass is 221 g/mol. The van der Waals surface area contributed by atoms with E-state index in [4.69, 9.17) is 4.42 Å². The maximum absolute atomic E-state index is 13.4. The molecular weight excluding hydrogens is 209 g/mol. The number of nitrogens with zero attached hydrogens (tertiary/aromatic N) is 1. The highest BCUT2D eigenvalue weighted by atomic mass is 19.1. The molecule has 1 atom stereocenters. The van der Waals surface area contributed by atoms with Crippen molar-refractivity contribution in [2.45, 2.75) is 20.0 Å². The third-order valence-electron chi connectivity index (χ3n) is 2.47. The highest BCUT2D eigenvalue weighted by Gasteiger charge is 2.19. The van der Waals surface area contributed by atoms with Crippen molar-refractivity contribution in [2.75, 3.05) is 0 Å². The molecule has 0 bridgehead atoms. The molecule has 0 spiro atoms. The minimum atomic E-state index is -1.01. The summed E-state index contributed by atoms with van der Waals surface area (Å²) >= 11 is 0. The van der Waals surface area contributed by atoms with Crippen molar-refractivity contribution in [3.05, 3.63) is 53.0 Å². The minimum absolute atomic E-state index is 0.207. The molecule has 0 aliphatic carbocycles. The van der Waals surface area contributed by atoms with Crippen molar-refractivity contribution in [1.82, 2.24) is 4.98 Å². The van der Waals surface area contributed by atoms with Crippen LogP contribution in [0.2, 0.25) is 0 Å². The number of furan rings is 1. The molecule has 0 aliphatic rings. The van der Waals surface area contributed by atoms with Crippen LogP contribution < -0.4 is 0 Å². The first-order valence-corrected chi connectivity index (χ1v) is 4.94. The number of rotatable bonds is 2. The maximum Gasteiger partial charge on any atom is 0.147 e. The molecule has 0 saturated heterocycles. The van der Waals surface area contributed by atoms with Crippen LogP contribution >= 0.6 is 0 Å². The van der Waals surface area contributed by atoms with Crippen molar-refractivity contribution in [1.29, 1.82) is 0 Å². The predicted molar refractivity (Wildman–Crippen MR) is 56.4 cm³/mol. The van der Waals surface area contributed by atoms with Crippen LogP contribution in [0, 0.1) is 19.7 Å². The Kier molecular flexibility index (Phi) is 2.75. The molecule has 2 aromatic heterocycles. The average molecular weight is 221 g/mol. The third kappa shape index (κ3) is 1.84. The molecule has 16 heavy (non-hydrogen) atoms. The number of hydrogen-bond donors (Lipinski definition) is 1. The van der Waals surface area contributed by atoms with E-state index in [0.29, 0.717) is 17.1 Å². The molecule has 0 saturated carbocycles. The number of aliphatic hydroxyl groups excluding tert-OH is 1. The lowest BCUT2D eigenvalue weighted by Crippen LogP contribution is -2.03. The zero-order chi connectivity index (χ0) is 11.7. The smallest absolute Gasteiger partial charge is 0.147 e. The second kappa shape index (κ2) is 4.06. The van der Waals surface area contributed by atoms with Gasteiger partial charge in [0.05, 0.1) is 6.20 Å². The summed E-state index contributed by atoms with van der Waals surface area (Å²) in [6.07, 6.45) is 1.52. The molecule has 84 valence electrons. The molecule has 0 radical (unpaired) electrons. The first kappa shape index (κ1) is 10.8. The summed E-state index contributed by atoms with van der Waals surface area (Å²) in [5.74, 6) is 0.774. The highest BCUT2D eigenvalue weighted by molar-refractivity contribution is 5.32. The van der Waals surface area contributed by atoms with Crippen LogP contribution in [0.5, 0.6) is 0 Å². The summed E-state index contributed by atoms with van der Waals surface area (Å²) in [4.78, 5) is 3.64. The zero-order valence-corrected chi connectivity index (χ0v) is 9.07. The van der Waals surface area contributed by atoms with Crippen LogP contribution in [0.25, 0.3) is 0 Å². The number of pyridine rings is 1. The molecule has 2 aromatic rings. The van der Waals surface area contributed by atoms with Gasteiger partial charge in [0.1, 0.15) is 23.4 Å². The molecule has 0 fully saturated rings. The van der Waals surface area contributed by atoms with E-state index in [2.05, 4.69) is 4.98 Å². The molecular formula is C12H12FNO2. The number of halogens is 1. The Morgan fingerprint density at radius 2 is 2.12 bits per heavy atom. The summed E-state index contributed by atoms with van der Waals surface area (Å²) in [7, 11) is 0. The number of hydrogen-bond acceptors (Lipinski definition) is 3. The van der Waals surface area contributed by atoms with Crippen molar-refractivity contribution in [3.63, 3.8) is 0 Å². The second-order valence-corrected chi connectivity index (χ2v) is 3.67. The van der Waals surface area contributed by atoms with Gasteiger partial charge in [-0.3, -0.25) is 4.98 Å². The van der Waals surface area contributed by atoms with Gasteiger partial charge in [-0.1, -0.05) is 0 Å². The third-order valence-corrected chi connectivity index (χ3v) is 2.47. The lowest BCUT2D eigenvalue weighted by Gasteiger charge is -2.10. The largest absolute Gasteiger partial charge is 0.466 e. The first-order valence-electron chi connectivity index (χ1n) is 4.94. The van der Waals surface area contributed by atoms with Gasteiger partial charge in [-0.25, -0.2) is 4.39 Å². The Bertz CT molecular complexity index is 507.